The van der Waals surface area contributed by atoms with Gasteiger partial charge in [-0.05, 0) is 37.0 Å². The van der Waals surface area contributed by atoms with Gasteiger partial charge in [-0.25, -0.2) is 0 Å². The second-order valence-corrected chi connectivity index (χ2v) is 4.94. The molecule has 0 aliphatic heterocycles. The van der Waals surface area contributed by atoms with Crippen LogP contribution < -0.4 is 0 Å². The predicted octanol–water partition coefficient (Wildman–Crippen LogP) is 2.73. The number of rotatable bonds is 4. The molecule has 1 unspecified atom stereocenters. The lowest BCUT2D eigenvalue weighted by Gasteiger charge is -2.25. The third kappa shape index (κ3) is 4.34. The summed E-state index contributed by atoms with van der Waals surface area (Å²) in [5.74, 6) is 0.749. The molecule has 2 heteroatoms. The summed E-state index contributed by atoms with van der Waals surface area (Å²) in [6, 6.07) is 7.01. The Morgan fingerprint density at radius 3 is 2.20 bits per heavy atom. The molecule has 1 atom stereocenters. The van der Waals surface area contributed by atoms with Gasteiger partial charge in [0.2, 0.25) is 0 Å². The summed E-state index contributed by atoms with van der Waals surface area (Å²) in [5, 5.41) is 19.3. The van der Waals surface area contributed by atoms with E-state index < -0.39 is 5.60 Å². The lowest BCUT2D eigenvalue weighted by atomic mass is 9.88. The molecule has 0 fully saturated rings. The third-order valence-electron chi connectivity index (χ3n) is 2.37. The van der Waals surface area contributed by atoms with E-state index >= 15 is 0 Å². The van der Waals surface area contributed by atoms with E-state index in [9.17, 15) is 5.11 Å². The SMILES string of the molecule is CC(C)CC(C)(O)Cc1ccc(O)cc1. The Balaban J connectivity index is 2.64. The normalized spacial score (nSPS) is 15.3. The van der Waals surface area contributed by atoms with Crippen LogP contribution in [0.1, 0.15) is 32.8 Å². The molecule has 1 aromatic rings. The van der Waals surface area contributed by atoms with Crippen molar-refractivity contribution in [2.24, 2.45) is 5.92 Å². The van der Waals surface area contributed by atoms with Crippen molar-refractivity contribution in [3.8, 4) is 5.75 Å². The molecule has 0 radical (unpaired) electrons. The first kappa shape index (κ1) is 12.1. The zero-order valence-electron chi connectivity index (χ0n) is 9.70. The monoisotopic (exact) mass is 208 g/mol. The number of phenols is 1. The lowest BCUT2D eigenvalue weighted by molar-refractivity contribution is 0.0388. The summed E-state index contributed by atoms with van der Waals surface area (Å²) >= 11 is 0. The van der Waals surface area contributed by atoms with Gasteiger partial charge >= 0.3 is 0 Å². The topological polar surface area (TPSA) is 40.5 Å². The molecule has 0 heterocycles. The maximum Gasteiger partial charge on any atom is 0.115 e. The molecular weight excluding hydrogens is 188 g/mol. The fourth-order valence-electron chi connectivity index (χ4n) is 2.01. The van der Waals surface area contributed by atoms with Gasteiger partial charge in [0.1, 0.15) is 5.75 Å². The van der Waals surface area contributed by atoms with Gasteiger partial charge < -0.3 is 10.2 Å². The minimum atomic E-state index is -0.662. The van der Waals surface area contributed by atoms with E-state index in [0.717, 1.165) is 12.0 Å². The van der Waals surface area contributed by atoms with Gasteiger partial charge in [0.05, 0.1) is 5.60 Å². The van der Waals surface area contributed by atoms with Gasteiger partial charge in [0, 0.05) is 6.42 Å². The van der Waals surface area contributed by atoms with Gasteiger partial charge in [0.15, 0.2) is 0 Å². The molecule has 0 amide bonds. The first-order valence-corrected chi connectivity index (χ1v) is 5.39. The van der Waals surface area contributed by atoms with E-state index in [1.165, 1.54) is 0 Å². The van der Waals surface area contributed by atoms with Crippen LogP contribution in [-0.4, -0.2) is 15.8 Å². The first-order valence-electron chi connectivity index (χ1n) is 5.39. The Bertz CT molecular complexity index is 299. The molecule has 0 saturated carbocycles. The van der Waals surface area contributed by atoms with Crippen molar-refractivity contribution in [2.45, 2.75) is 39.2 Å². The average molecular weight is 208 g/mol. The first-order chi connectivity index (χ1) is 6.89. The minimum absolute atomic E-state index is 0.266. The predicted molar refractivity (Wildman–Crippen MR) is 61.9 cm³/mol. The fourth-order valence-corrected chi connectivity index (χ4v) is 2.01. The van der Waals surface area contributed by atoms with Crippen LogP contribution in [-0.2, 0) is 6.42 Å². The Kier molecular flexibility index (Phi) is 3.75. The van der Waals surface area contributed by atoms with Crippen LogP contribution in [0.3, 0.4) is 0 Å². The zero-order chi connectivity index (χ0) is 11.5. The number of aromatic hydroxyl groups is 1. The number of benzene rings is 1. The Morgan fingerprint density at radius 1 is 1.20 bits per heavy atom. The van der Waals surface area contributed by atoms with E-state index in [1.807, 2.05) is 19.1 Å². The molecule has 1 rings (SSSR count). The molecular formula is C13H20O2. The van der Waals surface area contributed by atoms with E-state index in [-0.39, 0.29) is 5.75 Å². The largest absolute Gasteiger partial charge is 0.508 e. The van der Waals surface area contributed by atoms with Crippen molar-refractivity contribution >= 4 is 0 Å². The van der Waals surface area contributed by atoms with Crippen LogP contribution >= 0.6 is 0 Å². The molecule has 0 spiro atoms. The van der Waals surface area contributed by atoms with Crippen molar-refractivity contribution in [2.75, 3.05) is 0 Å². The summed E-state index contributed by atoms with van der Waals surface area (Å²) in [5.41, 5.74) is 0.393. The van der Waals surface area contributed by atoms with Gasteiger partial charge in [-0.15, -0.1) is 0 Å². The highest BCUT2D eigenvalue weighted by Crippen LogP contribution is 2.22. The second-order valence-electron chi connectivity index (χ2n) is 4.94. The quantitative estimate of drug-likeness (QED) is 0.798. The Hall–Kier alpha value is -1.02. The molecule has 0 aliphatic rings. The highest BCUT2D eigenvalue weighted by atomic mass is 16.3. The highest BCUT2D eigenvalue weighted by Gasteiger charge is 2.22. The van der Waals surface area contributed by atoms with Crippen molar-refractivity contribution in [1.29, 1.82) is 0 Å². The molecule has 1 aromatic carbocycles. The van der Waals surface area contributed by atoms with Crippen molar-refractivity contribution in [3.05, 3.63) is 29.8 Å². The summed E-state index contributed by atoms with van der Waals surface area (Å²) in [7, 11) is 0. The van der Waals surface area contributed by atoms with E-state index in [0.29, 0.717) is 12.3 Å². The molecule has 0 bridgehead atoms. The van der Waals surface area contributed by atoms with E-state index in [1.54, 1.807) is 12.1 Å². The van der Waals surface area contributed by atoms with Crippen molar-refractivity contribution in [1.82, 2.24) is 0 Å². The third-order valence-corrected chi connectivity index (χ3v) is 2.37. The van der Waals surface area contributed by atoms with Gasteiger partial charge in [0.25, 0.3) is 0 Å². The standard InChI is InChI=1S/C13H20O2/c1-10(2)8-13(3,15)9-11-4-6-12(14)7-5-11/h4-7,10,14-15H,8-9H2,1-3H3. The van der Waals surface area contributed by atoms with Crippen LogP contribution in [0.25, 0.3) is 0 Å². The lowest BCUT2D eigenvalue weighted by Crippen LogP contribution is -2.29. The van der Waals surface area contributed by atoms with Gasteiger partial charge in [-0.3, -0.25) is 0 Å². The fraction of sp³-hybridized carbons (Fsp3) is 0.538. The van der Waals surface area contributed by atoms with Crippen LogP contribution in [0.2, 0.25) is 0 Å². The summed E-state index contributed by atoms with van der Waals surface area (Å²) in [4.78, 5) is 0. The van der Waals surface area contributed by atoms with Crippen LogP contribution in [0, 0.1) is 5.92 Å². The van der Waals surface area contributed by atoms with Gasteiger partial charge in [-0.2, -0.15) is 0 Å². The molecule has 15 heavy (non-hydrogen) atoms. The summed E-state index contributed by atoms with van der Waals surface area (Å²) in [6.45, 7) is 6.07. The molecule has 0 aromatic heterocycles. The van der Waals surface area contributed by atoms with Crippen LogP contribution in [0.15, 0.2) is 24.3 Å². The van der Waals surface area contributed by atoms with Crippen molar-refractivity contribution < 1.29 is 10.2 Å². The second kappa shape index (κ2) is 4.67. The summed E-state index contributed by atoms with van der Waals surface area (Å²) < 4.78 is 0. The maximum atomic E-state index is 10.1. The highest BCUT2D eigenvalue weighted by molar-refractivity contribution is 5.26. The smallest absolute Gasteiger partial charge is 0.115 e. The zero-order valence-corrected chi connectivity index (χ0v) is 9.70. The Labute approximate surface area is 91.6 Å². The van der Waals surface area contributed by atoms with E-state index in [4.69, 9.17) is 5.11 Å². The molecule has 2 nitrogen and oxygen atoms in total. The van der Waals surface area contributed by atoms with Crippen LogP contribution in [0.4, 0.5) is 0 Å². The Morgan fingerprint density at radius 2 is 1.73 bits per heavy atom. The van der Waals surface area contributed by atoms with Gasteiger partial charge in [-0.1, -0.05) is 26.0 Å². The summed E-state index contributed by atoms with van der Waals surface area (Å²) in [6.07, 6.45) is 1.42. The average Bonchev–Trinajstić information content (AvgIpc) is 2.06. The number of hydrogen-bond donors (Lipinski definition) is 2. The maximum absolute atomic E-state index is 10.1. The minimum Gasteiger partial charge on any atom is -0.508 e. The van der Waals surface area contributed by atoms with Crippen LogP contribution in [0.5, 0.6) is 5.75 Å². The molecule has 0 aliphatic carbocycles. The molecule has 0 saturated heterocycles. The molecule has 84 valence electrons. The number of aliphatic hydroxyl groups is 1. The number of phenolic OH excluding ortho intramolecular Hbond substituents is 1. The van der Waals surface area contributed by atoms with E-state index in [2.05, 4.69) is 13.8 Å². The van der Waals surface area contributed by atoms with Crippen molar-refractivity contribution in [3.63, 3.8) is 0 Å². The molecule has 2 N–H and O–H groups in total. The number of hydrogen-bond acceptors (Lipinski definition) is 2.